The zero-order valence-corrected chi connectivity index (χ0v) is 10.4. The van der Waals surface area contributed by atoms with E-state index in [0.717, 1.165) is 6.21 Å². The minimum Gasteiger partial charge on any atom is -0.461 e. The fourth-order valence-electron chi connectivity index (χ4n) is 1.07. The average molecular weight is 270 g/mol. The molecule has 0 heterocycles. The largest absolute Gasteiger partial charge is 0.461 e. The van der Waals surface area contributed by atoms with Gasteiger partial charge in [-0.15, -0.1) is 0 Å². The lowest BCUT2D eigenvalue weighted by Gasteiger charge is -2.03. The van der Waals surface area contributed by atoms with Crippen molar-refractivity contribution in [1.29, 1.82) is 0 Å². The lowest BCUT2D eigenvalue weighted by atomic mass is 10.3. The average Bonchev–Trinajstić information content (AvgIpc) is 2.35. The molecule has 0 fully saturated rings. The molecule has 0 amide bonds. The van der Waals surface area contributed by atoms with Gasteiger partial charge >= 0.3 is 5.97 Å². The van der Waals surface area contributed by atoms with Crippen molar-refractivity contribution in [2.75, 3.05) is 12.0 Å². The number of hydrogen-bond acceptors (Lipinski definition) is 6. The van der Waals surface area contributed by atoms with Crippen LogP contribution in [-0.2, 0) is 9.53 Å². The number of benzene rings is 1. The van der Waals surface area contributed by atoms with Gasteiger partial charge in [-0.2, -0.15) is 5.10 Å². The summed E-state index contributed by atoms with van der Waals surface area (Å²) in [7, 11) is 0. The van der Waals surface area contributed by atoms with Gasteiger partial charge in [0.05, 0.1) is 12.3 Å². The molecule has 6 nitrogen and oxygen atoms in total. The number of esters is 1. The van der Waals surface area contributed by atoms with Gasteiger partial charge in [0.2, 0.25) is 0 Å². The molecule has 0 radical (unpaired) electrons. The predicted molar refractivity (Wildman–Crippen MR) is 69.4 cm³/mol. The first kappa shape index (κ1) is 14.0. The van der Waals surface area contributed by atoms with Gasteiger partial charge in [-0.3, -0.25) is 5.43 Å². The van der Waals surface area contributed by atoms with E-state index in [1.54, 1.807) is 31.2 Å². The highest BCUT2D eigenvalue weighted by atomic mass is 35.5. The van der Waals surface area contributed by atoms with Crippen molar-refractivity contribution in [3.63, 3.8) is 0 Å². The second-order valence-electron chi connectivity index (χ2n) is 3.08. The van der Waals surface area contributed by atoms with E-state index in [0.29, 0.717) is 10.7 Å². The molecule has 0 aliphatic carbocycles. The third-order valence-electron chi connectivity index (χ3n) is 1.79. The number of carbonyl (C=O) groups is 1. The van der Waals surface area contributed by atoms with Crippen molar-refractivity contribution < 1.29 is 14.7 Å². The standard InChI is InChI=1S/C11H12ClN3O3/c1-2-18-11(16)10(7-13-17)15-14-9-5-3-4-8(12)6-9/h3-7,14,17H,2H2,1H3. The van der Waals surface area contributed by atoms with Crippen molar-refractivity contribution in [3.05, 3.63) is 29.3 Å². The Morgan fingerprint density at radius 3 is 3.00 bits per heavy atom. The molecule has 1 aromatic carbocycles. The zero-order valence-electron chi connectivity index (χ0n) is 9.63. The Morgan fingerprint density at radius 2 is 2.39 bits per heavy atom. The monoisotopic (exact) mass is 269 g/mol. The third-order valence-corrected chi connectivity index (χ3v) is 2.03. The summed E-state index contributed by atoms with van der Waals surface area (Å²) < 4.78 is 4.73. The van der Waals surface area contributed by atoms with Gasteiger partial charge in [-0.1, -0.05) is 22.8 Å². The van der Waals surface area contributed by atoms with Gasteiger partial charge in [0.25, 0.3) is 0 Å². The quantitative estimate of drug-likeness (QED) is 0.371. The molecule has 0 aliphatic heterocycles. The molecule has 0 saturated heterocycles. The molecule has 0 saturated carbocycles. The fraction of sp³-hybridized carbons (Fsp3) is 0.182. The number of hydrazone groups is 1. The summed E-state index contributed by atoms with van der Waals surface area (Å²) in [5, 5.41) is 15.5. The number of carbonyl (C=O) groups excluding carboxylic acids is 1. The normalized spacial score (nSPS) is 11.6. The van der Waals surface area contributed by atoms with E-state index in [-0.39, 0.29) is 12.3 Å². The van der Waals surface area contributed by atoms with Crippen LogP contribution in [0.25, 0.3) is 0 Å². The van der Waals surface area contributed by atoms with Crippen LogP contribution in [0.4, 0.5) is 5.69 Å². The van der Waals surface area contributed by atoms with Crippen LogP contribution in [-0.4, -0.2) is 29.7 Å². The zero-order chi connectivity index (χ0) is 13.4. The van der Waals surface area contributed by atoms with E-state index in [1.807, 2.05) is 0 Å². The van der Waals surface area contributed by atoms with Crippen LogP contribution in [0.15, 0.2) is 34.5 Å². The number of oxime groups is 1. The first-order valence-corrected chi connectivity index (χ1v) is 5.49. The minimum atomic E-state index is -0.690. The van der Waals surface area contributed by atoms with Crippen molar-refractivity contribution in [1.82, 2.24) is 0 Å². The number of nitrogens with one attached hydrogen (secondary N) is 1. The maximum atomic E-state index is 11.4. The molecule has 0 unspecified atom stereocenters. The number of nitrogens with zero attached hydrogens (tertiary/aromatic N) is 2. The second kappa shape index (κ2) is 7.29. The second-order valence-corrected chi connectivity index (χ2v) is 3.52. The van der Waals surface area contributed by atoms with E-state index in [1.165, 1.54) is 0 Å². The number of ether oxygens (including phenoxy) is 1. The Balaban J connectivity index is 2.80. The molecular weight excluding hydrogens is 258 g/mol. The fourth-order valence-corrected chi connectivity index (χ4v) is 1.26. The van der Waals surface area contributed by atoms with Gasteiger partial charge in [-0.05, 0) is 25.1 Å². The van der Waals surface area contributed by atoms with E-state index in [9.17, 15) is 4.79 Å². The van der Waals surface area contributed by atoms with Crippen LogP contribution >= 0.6 is 11.6 Å². The Hall–Kier alpha value is -2.08. The van der Waals surface area contributed by atoms with Gasteiger partial charge in [0, 0.05) is 5.02 Å². The van der Waals surface area contributed by atoms with E-state index >= 15 is 0 Å². The molecule has 1 aromatic rings. The van der Waals surface area contributed by atoms with Crippen LogP contribution in [0.3, 0.4) is 0 Å². The molecule has 0 bridgehead atoms. The molecule has 2 N–H and O–H groups in total. The highest BCUT2D eigenvalue weighted by Crippen LogP contribution is 2.14. The highest BCUT2D eigenvalue weighted by Gasteiger charge is 2.10. The van der Waals surface area contributed by atoms with Crippen LogP contribution in [0, 0.1) is 0 Å². The van der Waals surface area contributed by atoms with Crippen LogP contribution in [0.1, 0.15) is 6.92 Å². The summed E-state index contributed by atoms with van der Waals surface area (Å²) in [5.74, 6) is -0.690. The van der Waals surface area contributed by atoms with E-state index in [4.69, 9.17) is 21.5 Å². The predicted octanol–water partition coefficient (Wildman–Crippen LogP) is 2.13. The molecule has 18 heavy (non-hydrogen) atoms. The first-order valence-electron chi connectivity index (χ1n) is 5.11. The molecule has 0 spiro atoms. The SMILES string of the molecule is CCOC(=O)C(C=NO)=NNc1cccc(Cl)c1. The molecular formula is C11H12ClN3O3. The first-order chi connectivity index (χ1) is 8.67. The van der Waals surface area contributed by atoms with Crippen molar-refractivity contribution in [3.8, 4) is 0 Å². The number of rotatable bonds is 5. The molecule has 0 aliphatic rings. The van der Waals surface area contributed by atoms with Gasteiger partial charge in [-0.25, -0.2) is 4.79 Å². The molecule has 7 heteroatoms. The summed E-state index contributed by atoms with van der Waals surface area (Å²) in [6.45, 7) is 1.87. The maximum absolute atomic E-state index is 11.4. The molecule has 0 aromatic heterocycles. The summed E-state index contributed by atoms with van der Waals surface area (Å²) in [5.41, 5.74) is 3.05. The van der Waals surface area contributed by atoms with E-state index in [2.05, 4.69) is 15.7 Å². The lowest BCUT2D eigenvalue weighted by Crippen LogP contribution is -2.20. The summed E-state index contributed by atoms with van der Waals surface area (Å²) >= 11 is 5.79. The minimum absolute atomic E-state index is 0.153. The summed E-state index contributed by atoms with van der Waals surface area (Å²) in [6.07, 6.45) is 0.884. The smallest absolute Gasteiger partial charge is 0.360 e. The van der Waals surface area contributed by atoms with Crippen LogP contribution in [0.5, 0.6) is 0 Å². The topological polar surface area (TPSA) is 83.3 Å². The highest BCUT2D eigenvalue weighted by molar-refractivity contribution is 6.59. The molecule has 0 atom stereocenters. The van der Waals surface area contributed by atoms with E-state index < -0.39 is 5.97 Å². The van der Waals surface area contributed by atoms with Crippen LogP contribution < -0.4 is 5.43 Å². The number of hydrogen-bond donors (Lipinski definition) is 2. The third kappa shape index (κ3) is 4.42. The maximum Gasteiger partial charge on any atom is 0.360 e. The molecule has 1 rings (SSSR count). The summed E-state index contributed by atoms with van der Waals surface area (Å²) in [6, 6.07) is 6.78. The van der Waals surface area contributed by atoms with Crippen molar-refractivity contribution in [2.24, 2.45) is 10.3 Å². The van der Waals surface area contributed by atoms with Gasteiger partial charge in [0.1, 0.15) is 6.21 Å². The Morgan fingerprint density at radius 1 is 1.61 bits per heavy atom. The van der Waals surface area contributed by atoms with Gasteiger partial charge in [0.15, 0.2) is 5.71 Å². The Kier molecular flexibility index (Phi) is 5.66. The van der Waals surface area contributed by atoms with Crippen LogP contribution in [0.2, 0.25) is 5.02 Å². The number of anilines is 1. The van der Waals surface area contributed by atoms with Crippen molar-refractivity contribution in [2.45, 2.75) is 6.92 Å². The van der Waals surface area contributed by atoms with Crippen molar-refractivity contribution >= 4 is 35.2 Å². The molecule has 96 valence electrons. The lowest BCUT2D eigenvalue weighted by molar-refractivity contribution is -0.134. The Bertz CT molecular complexity index is 474. The van der Waals surface area contributed by atoms with Gasteiger partial charge < -0.3 is 9.94 Å². The summed E-state index contributed by atoms with van der Waals surface area (Å²) in [4.78, 5) is 11.4. The Labute approximate surface area is 109 Å². The number of halogens is 1.